The lowest BCUT2D eigenvalue weighted by Gasteiger charge is -2.34. The monoisotopic (exact) mass is 263 g/mol. The van der Waals surface area contributed by atoms with Crippen molar-refractivity contribution < 1.29 is 5.11 Å². The van der Waals surface area contributed by atoms with Crippen molar-refractivity contribution in [2.75, 3.05) is 6.54 Å². The first kappa shape index (κ1) is 12.8. The van der Waals surface area contributed by atoms with Crippen LogP contribution in [-0.4, -0.2) is 17.4 Å². The fourth-order valence-corrected chi connectivity index (χ4v) is 2.70. The van der Waals surface area contributed by atoms with E-state index in [0.717, 1.165) is 22.4 Å². The molecule has 2 nitrogen and oxygen atoms in total. The molecule has 0 amide bonds. The van der Waals surface area contributed by atoms with Crippen molar-refractivity contribution >= 4 is 5.71 Å². The van der Waals surface area contributed by atoms with Gasteiger partial charge in [0.05, 0.1) is 12.3 Å². The van der Waals surface area contributed by atoms with E-state index in [1.807, 2.05) is 60.7 Å². The molecule has 3 rings (SSSR count). The maximum Gasteiger partial charge on any atom is 0.135 e. The molecule has 1 atom stereocenters. The molecule has 2 aromatic carbocycles. The summed E-state index contributed by atoms with van der Waals surface area (Å²) in [7, 11) is 0. The second kappa shape index (κ2) is 5.06. The Morgan fingerprint density at radius 2 is 1.55 bits per heavy atom. The van der Waals surface area contributed by atoms with E-state index in [-0.39, 0.29) is 0 Å². The first-order chi connectivity index (χ1) is 9.70. The number of aliphatic hydroxyl groups is 1. The highest BCUT2D eigenvalue weighted by Crippen LogP contribution is 2.35. The molecule has 2 aromatic rings. The van der Waals surface area contributed by atoms with Crippen LogP contribution in [0.4, 0.5) is 0 Å². The summed E-state index contributed by atoms with van der Waals surface area (Å²) in [5.41, 5.74) is 2.43. The van der Waals surface area contributed by atoms with Gasteiger partial charge in [0.1, 0.15) is 5.60 Å². The zero-order valence-corrected chi connectivity index (χ0v) is 11.3. The van der Waals surface area contributed by atoms with E-state index in [2.05, 4.69) is 11.6 Å². The molecule has 0 radical (unpaired) electrons. The van der Waals surface area contributed by atoms with Crippen LogP contribution in [0.3, 0.4) is 0 Å². The third kappa shape index (κ3) is 2.19. The highest BCUT2D eigenvalue weighted by molar-refractivity contribution is 6.07. The van der Waals surface area contributed by atoms with E-state index in [1.54, 1.807) is 0 Å². The number of hydrogen-bond acceptors (Lipinski definition) is 2. The molecule has 1 aliphatic rings. The number of rotatable bonds is 2. The Bertz CT molecular complexity index is 646. The maximum atomic E-state index is 11.2. The van der Waals surface area contributed by atoms with Crippen molar-refractivity contribution in [3.63, 3.8) is 0 Å². The normalized spacial score (nSPS) is 22.4. The minimum absolute atomic E-state index is 0.519. The Kier molecular flexibility index (Phi) is 3.25. The third-order valence-electron chi connectivity index (χ3n) is 3.66. The molecule has 0 aromatic heterocycles. The summed E-state index contributed by atoms with van der Waals surface area (Å²) in [6, 6.07) is 19.6. The summed E-state index contributed by atoms with van der Waals surface area (Å²) in [5.74, 6) is 0. The Labute approximate surface area is 119 Å². The van der Waals surface area contributed by atoms with Crippen molar-refractivity contribution in [2.24, 2.45) is 4.99 Å². The predicted molar refractivity (Wildman–Crippen MR) is 81.9 cm³/mol. The van der Waals surface area contributed by atoms with Crippen LogP contribution in [0.25, 0.3) is 0 Å². The van der Waals surface area contributed by atoms with Crippen molar-refractivity contribution in [3.8, 4) is 0 Å². The van der Waals surface area contributed by atoms with Gasteiger partial charge >= 0.3 is 0 Å². The molecule has 1 aliphatic heterocycles. The fraction of sp³-hybridized carbons (Fsp3) is 0.167. The first-order valence-electron chi connectivity index (χ1n) is 6.75. The van der Waals surface area contributed by atoms with Crippen LogP contribution < -0.4 is 0 Å². The minimum Gasteiger partial charge on any atom is -0.378 e. The summed E-state index contributed by atoms with van der Waals surface area (Å²) in [4.78, 5) is 4.58. The quantitative estimate of drug-likeness (QED) is 0.828. The molecule has 0 fully saturated rings. The van der Waals surface area contributed by atoms with Gasteiger partial charge in [-0.25, -0.2) is 0 Å². The predicted octanol–water partition coefficient (Wildman–Crippen LogP) is 3.32. The molecule has 2 heteroatoms. The van der Waals surface area contributed by atoms with Gasteiger partial charge in [-0.2, -0.15) is 0 Å². The van der Waals surface area contributed by atoms with Gasteiger partial charge in [-0.1, -0.05) is 72.8 Å². The van der Waals surface area contributed by atoms with Crippen LogP contribution in [0.15, 0.2) is 77.8 Å². The molecule has 0 aliphatic carbocycles. The molecule has 20 heavy (non-hydrogen) atoms. The van der Waals surface area contributed by atoms with Crippen LogP contribution in [0.1, 0.15) is 17.5 Å². The van der Waals surface area contributed by atoms with E-state index in [0.29, 0.717) is 13.0 Å². The summed E-state index contributed by atoms with van der Waals surface area (Å²) < 4.78 is 0. The molecule has 1 N–H and O–H groups in total. The molecule has 100 valence electrons. The molecule has 1 unspecified atom stereocenters. The van der Waals surface area contributed by atoms with E-state index in [4.69, 9.17) is 0 Å². The second-order valence-corrected chi connectivity index (χ2v) is 5.18. The topological polar surface area (TPSA) is 32.6 Å². The Morgan fingerprint density at radius 3 is 2.20 bits per heavy atom. The Hall–Kier alpha value is -2.19. The largest absolute Gasteiger partial charge is 0.378 e. The molecule has 1 heterocycles. The lowest BCUT2D eigenvalue weighted by Crippen LogP contribution is -2.40. The van der Waals surface area contributed by atoms with Crippen molar-refractivity contribution in [3.05, 3.63) is 83.9 Å². The zero-order chi connectivity index (χ0) is 14.0. The number of nitrogens with zero attached hydrogens (tertiary/aromatic N) is 1. The van der Waals surface area contributed by atoms with Crippen LogP contribution >= 0.6 is 0 Å². The molecular formula is C18H17NO. The van der Waals surface area contributed by atoms with E-state index in [9.17, 15) is 5.11 Å². The second-order valence-electron chi connectivity index (χ2n) is 5.18. The molecular weight excluding hydrogens is 246 g/mol. The van der Waals surface area contributed by atoms with E-state index in [1.165, 1.54) is 0 Å². The van der Waals surface area contributed by atoms with Crippen LogP contribution in [0, 0.1) is 0 Å². The van der Waals surface area contributed by atoms with Gasteiger partial charge in [-0.3, -0.25) is 4.99 Å². The van der Waals surface area contributed by atoms with Gasteiger partial charge in [0.25, 0.3) is 0 Å². The average Bonchev–Trinajstić information content (AvgIpc) is 2.49. The van der Waals surface area contributed by atoms with Crippen molar-refractivity contribution in [2.45, 2.75) is 12.0 Å². The van der Waals surface area contributed by atoms with Gasteiger partial charge in [0.2, 0.25) is 0 Å². The van der Waals surface area contributed by atoms with Gasteiger partial charge in [-0.15, -0.1) is 0 Å². The zero-order valence-electron chi connectivity index (χ0n) is 11.3. The summed E-state index contributed by atoms with van der Waals surface area (Å²) in [5, 5.41) is 11.2. The molecule has 0 saturated heterocycles. The van der Waals surface area contributed by atoms with Gasteiger partial charge < -0.3 is 5.11 Å². The lowest BCUT2D eigenvalue weighted by molar-refractivity contribution is 0.108. The van der Waals surface area contributed by atoms with Crippen LogP contribution in [0.5, 0.6) is 0 Å². The van der Waals surface area contributed by atoms with Gasteiger partial charge in [-0.05, 0) is 11.1 Å². The Balaban J connectivity index is 2.13. The molecule has 0 bridgehead atoms. The minimum atomic E-state index is -1.09. The molecule has 0 saturated carbocycles. The highest BCUT2D eigenvalue weighted by Gasteiger charge is 2.38. The fourth-order valence-electron chi connectivity index (χ4n) is 2.70. The average molecular weight is 263 g/mol. The number of aliphatic imine (C=N–C) groups is 1. The highest BCUT2D eigenvalue weighted by atomic mass is 16.3. The standard InChI is InChI=1S/C18H17NO/c1-14-12-18(20,16-10-6-3-7-11-16)17(19-13-14)15-8-4-2-5-9-15/h2-11,20H,1,12-13H2. The van der Waals surface area contributed by atoms with Gasteiger partial charge in [0.15, 0.2) is 0 Å². The SMILES string of the molecule is C=C1CN=C(c2ccccc2)C(O)(c2ccccc2)C1. The summed E-state index contributed by atoms with van der Waals surface area (Å²) in [6.07, 6.45) is 0.519. The van der Waals surface area contributed by atoms with Crippen molar-refractivity contribution in [1.29, 1.82) is 0 Å². The smallest absolute Gasteiger partial charge is 0.135 e. The van der Waals surface area contributed by atoms with Crippen LogP contribution in [-0.2, 0) is 5.60 Å². The number of hydrogen-bond donors (Lipinski definition) is 1. The number of benzene rings is 2. The van der Waals surface area contributed by atoms with Gasteiger partial charge in [0, 0.05) is 6.42 Å². The van der Waals surface area contributed by atoms with Crippen LogP contribution in [0.2, 0.25) is 0 Å². The van der Waals surface area contributed by atoms with E-state index < -0.39 is 5.60 Å². The maximum absolute atomic E-state index is 11.2. The third-order valence-corrected chi connectivity index (χ3v) is 3.66. The first-order valence-corrected chi connectivity index (χ1v) is 6.75. The van der Waals surface area contributed by atoms with E-state index >= 15 is 0 Å². The van der Waals surface area contributed by atoms with Crippen molar-refractivity contribution in [1.82, 2.24) is 0 Å². The molecule has 0 spiro atoms. The summed E-state index contributed by atoms with van der Waals surface area (Å²) >= 11 is 0. The Morgan fingerprint density at radius 1 is 0.950 bits per heavy atom. The summed E-state index contributed by atoms with van der Waals surface area (Å²) in [6.45, 7) is 4.58. The lowest BCUT2D eigenvalue weighted by atomic mass is 9.79.